The van der Waals surface area contributed by atoms with Crippen LogP contribution in [0.4, 0.5) is 13.2 Å². The summed E-state index contributed by atoms with van der Waals surface area (Å²) in [5, 5.41) is 5.75. The number of benzene rings is 2. The minimum atomic E-state index is -0.728. The molecule has 1 saturated heterocycles. The summed E-state index contributed by atoms with van der Waals surface area (Å²) in [5.41, 5.74) is 1.93. The molecule has 1 unspecified atom stereocenters. The molecule has 3 aromatic rings. The maximum Gasteiger partial charge on any atom is 0.225 e. The van der Waals surface area contributed by atoms with Crippen LogP contribution >= 0.6 is 0 Å². The molecule has 0 aliphatic carbocycles. The highest BCUT2D eigenvalue weighted by Gasteiger charge is 2.27. The molecule has 1 atom stereocenters. The number of aromatic nitrogens is 1. The zero-order valence-electron chi connectivity index (χ0n) is 15.3. The van der Waals surface area contributed by atoms with E-state index >= 15 is 0 Å². The number of hydrogen-bond acceptors (Lipinski definition) is 2. The average molecular weight is 401 g/mol. The molecular weight excluding hydrogens is 383 g/mol. The molecule has 2 aromatic carbocycles. The van der Waals surface area contributed by atoms with E-state index in [1.807, 2.05) is 0 Å². The molecular formula is C21H18F3N3O2. The number of fused-ring (bicyclic) bond motifs is 1. The lowest BCUT2D eigenvalue weighted by molar-refractivity contribution is -0.126. The van der Waals surface area contributed by atoms with Crippen molar-refractivity contribution in [2.45, 2.75) is 12.8 Å². The molecule has 1 aromatic heterocycles. The summed E-state index contributed by atoms with van der Waals surface area (Å²) >= 11 is 0. The highest BCUT2D eigenvalue weighted by Crippen LogP contribution is 2.32. The van der Waals surface area contributed by atoms with Crippen molar-refractivity contribution in [2.24, 2.45) is 5.92 Å². The van der Waals surface area contributed by atoms with Crippen LogP contribution in [0.2, 0.25) is 0 Å². The van der Waals surface area contributed by atoms with Gasteiger partial charge in [0, 0.05) is 36.7 Å². The van der Waals surface area contributed by atoms with E-state index in [4.69, 9.17) is 0 Å². The number of halogens is 3. The van der Waals surface area contributed by atoms with Gasteiger partial charge in [-0.2, -0.15) is 0 Å². The number of carbonyl (C=O) groups is 2. The Morgan fingerprint density at radius 2 is 1.86 bits per heavy atom. The normalized spacial score (nSPS) is 16.2. The van der Waals surface area contributed by atoms with Gasteiger partial charge in [0.2, 0.25) is 11.8 Å². The SMILES string of the molecule is O=C1CC(C(=O)NCCc2c(-c3ccc(F)cc3)[nH]c3c(F)cc(F)cc23)CN1. The topological polar surface area (TPSA) is 74.0 Å². The second-order valence-corrected chi connectivity index (χ2v) is 7.04. The summed E-state index contributed by atoms with van der Waals surface area (Å²) in [7, 11) is 0. The highest BCUT2D eigenvalue weighted by molar-refractivity contribution is 5.92. The summed E-state index contributed by atoms with van der Waals surface area (Å²) < 4.78 is 41.4. The van der Waals surface area contributed by atoms with Gasteiger partial charge in [0.25, 0.3) is 0 Å². The second-order valence-electron chi connectivity index (χ2n) is 7.04. The Labute approximate surface area is 164 Å². The Morgan fingerprint density at radius 1 is 1.10 bits per heavy atom. The fraction of sp³-hybridized carbons (Fsp3) is 0.238. The molecule has 0 bridgehead atoms. The van der Waals surface area contributed by atoms with E-state index in [-0.39, 0.29) is 30.3 Å². The first-order valence-corrected chi connectivity index (χ1v) is 9.22. The number of nitrogens with one attached hydrogen (secondary N) is 3. The van der Waals surface area contributed by atoms with Crippen LogP contribution in [-0.2, 0) is 16.0 Å². The van der Waals surface area contributed by atoms with Crippen molar-refractivity contribution in [3.05, 3.63) is 59.4 Å². The number of hydrogen-bond donors (Lipinski definition) is 3. The van der Waals surface area contributed by atoms with E-state index in [9.17, 15) is 22.8 Å². The van der Waals surface area contributed by atoms with E-state index in [1.54, 1.807) is 12.1 Å². The van der Waals surface area contributed by atoms with Crippen molar-refractivity contribution in [2.75, 3.05) is 13.1 Å². The Bertz CT molecular complexity index is 1090. The summed E-state index contributed by atoms with van der Waals surface area (Å²) in [6.45, 7) is 0.526. The van der Waals surface area contributed by atoms with Crippen molar-refractivity contribution in [3.63, 3.8) is 0 Å². The van der Waals surface area contributed by atoms with Gasteiger partial charge in [-0.3, -0.25) is 9.59 Å². The predicted molar refractivity (Wildman–Crippen MR) is 101 cm³/mol. The van der Waals surface area contributed by atoms with Gasteiger partial charge >= 0.3 is 0 Å². The molecule has 8 heteroatoms. The van der Waals surface area contributed by atoms with Crippen LogP contribution in [0.15, 0.2) is 36.4 Å². The summed E-state index contributed by atoms with van der Waals surface area (Å²) in [4.78, 5) is 26.4. The summed E-state index contributed by atoms with van der Waals surface area (Å²) in [5.74, 6) is -2.67. The first-order valence-electron chi connectivity index (χ1n) is 9.22. The van der Waals surface area contributed by atoms with Crippen molar-refractivity contribution >= 4 is 22.7 Å². The minimum Gasteiger partial charge on any atom is -0.355 e. The van der Waals surface area contributed by atoms with Crippen LogP contribution in [0.1, 0.15) is 12.0 Å². The standard InChI is InChI=1S/C21H18F3N3O2/c22-13-3-1-11(2-4-13)19-15(16-8-14(23)9-17(24)20(16)27-19)5-6-25-21(29)12-7-18(28)26-10-12/h1-4,8-9,12,27H,5-7,10H2,(H,25,29)(H,26,28). The van der Waals surface area contributed by atoms with Crippen molar-refractivity contribution < 1.29 is 22.8 Å². The van der Waals surface area contributed by atoms with Crippen LogP contribution in [0.3, 0.4) is 0 Å². The van der Waals surface area contributed by atoms with Crippen molar-refractivity contribution in [3.8, 4) is 11.3 Å². The first kappa shape index (κ1) is 19.0. The largest absolute Gasteiger partial charge is 0.355 e. The number of rotatable bonds is 5. The average Bonchev–Trinajstić information content (AvgIpc) is 3.27. The van der Waals surface area contributed by atoms with E-state index in [1.165, 1.54) is 18.2 Å². The van der Waals surface area contributed by atoms with Crippen LogP contribution in [0.5, 0.6) is 0 Å². The zero-order chi connectivity index (χ0) is 20.5. The van der Waals surface area contributed by atoms with E-state index < -0.39 is 23.4 Å². The van der Waals surface area contributed by atoms with E-state index in [2.05, 4.69) is 15.6 Å². The zero-order valence-corrected chi connectivity index (χ0v) is 15.3. The number of aromatic amines is 1. The van der Waals surface area contributed by atoms with Gasteiger partial charge < -0.3 is 15.6 Å². The lowest BCUT2D eigenvalue weighted by Crippen LogP contribution is -2.33. The van der Waals surface area contributed by atoms with Gasteiger partial charge in [-0.1, -0.05) is 0 Å². The van der Waals surface area contributed by atoms with Gasteiger partial charge in [0.15, 0.2) is 0 Å². The third-order valence-corrected chi connectivity index (χ3v) is 5.09. The van der Waals surface area contributed by atoms with E-state index in [0.29, 0.717) is 35.2 Å². The van der Waals surface area contributed by atoms with Crippen LogP contribution in [-0.4, -0.2) is 29.9 Å². The Morgan fingerprint density at radius 3 is 2.55 bits per heavy atom. The van der Waals surface area contributed by atoms with Crippen molar-refractivity contribution in [1.82, 2.24) is 15.6 Å². The third kappa shape index (κ3) is 3.83. The fourth-order valence-corrected chi connectivity index (χ4v) is 3.64. The van der Waals surface area contributed by atoms with Gasteiger partial charge in [-0.25, -0.2) is 13.2 Å². The van der Waals surface area contributed by atoms with Crippen LogP contribution in [0.25, 0.3) is 22.2 Å². The third-order valence-electron chi connectivity index (χ3n) is 5.09. The Kier molecular flexibility index (Phi) is 5.00. The molecule has 2 heterocycles. The van der Waals surface area contributed by atoms with E-state index in [0.717, 1.165) is 6.07 Å². The molecule has 2 amide bonds. The molecule has 1 aliphatic rings. The first-order chi connectivity index (χ1) is 13.9. The predicted octanol–water partition coefficient (Wildman–Crippen LogP) is 3.05. The second kappa shape index (κ2) is 7.62. The number of carbonyl (C=O) groups excluding carboxylic acids is 2. The van der Waals surface area contributed by atoms with Gasteiger partial charge in [-0.05, 0) is 47.9 Å². The summed E-state index contributed by atoms with van der Waals surface area (Å²) in [6, 6.07) is 7.70. The molecule has 29 heavy (non-hydrogen) atoms. The van der Waals surface area contributed by atoms with Gasteiger partial charge in [-0.15, -0.1) is 0 Å². The smallest absolute Gasteiger partial charge is 0.225 e. The van der Waals surface area contributed by atoms with Crippen LogP contribution < -0.4 is 10.6 Å². The monoisotopic (exact) mass is 401 g/mol. The van der Waals surface area contributed by atoms with Gasteiger partial charge in [0.1, 0.15) is 17.5 Å². The molecule has 1 aliphatic heterocycles. The minimum absolute atomic E-state index is 0.149. The van der Waals surface area contributed by atoms with Crippen molar-refractivity contribution in [1.29, 1.82) is 0 Å². The number of amides is 2. The molecule has 0 spiro atoms. The van der Waals surface area contributed by atoms with Gasteiger partial charge in [0.05, 0.1) is 11.4 Å². The lowest BCUT2D eigenvalue weighted by atomic mass is 10.0. The lowest BCUT2D eigenvalue weighted by Gasteiger charge is -2.10. The highest BCUT2D eigenvalue weighted by atomic mass is 19.1. The Balaban J connectivity index is 1.62. The quantitative estimate of drug-likeness (QED) is 0.615. The summed E-state index contributed by atoms with van der Waals surface area (Å²) in [6.07, 6.45) is 0.450. The molecule has 0 radical (unpaired) electrons. The molecule has 5 nitrogen and oxygen atoms in total. The molecule has 1 fully saturated rings. The number of H-pyrrole nitrogens is 1. The molecule has 4 rings (SSSR count). The molecule has 3 N–H and O–H groups in total. The maximum absolute atomic E-state index is 14.3. The van der Waals surface area contributed by atoms with Crippen LogP contribution in [0, 0.1) is 23.4 Å². The molecule has 0 saturated carbocycles. The molecule has 150 valence electrons. The fourth-order valence-electron chi connectivity index (χ4n) is 3.64. The maximum atomic E-state index is 14.3. The Hall–Kier alpha value is -3.29.